The van der Waals surface area contributed by atoms with Gasteiger partial charge in [-0.05, 0) is 65.0 Å². The number of amides is 1. The molecule has 3 aliphatic carbocycles. The van der Waals surface area contributed by atoms with Crippen molar-refractivity contribution in [3.63, 3.8) is 0 Å². The summed E-state index contributed by atoms with van der Waals surface area (Å²) in [6, 6.07) is 4.89. The van der Waals surface area contributed by atoms with Gasteiger partial charge in [-0.25, -0.2) is 14.4 Å². The summed E-state index contributed by atoms with van der Waals surface area (Å²) in [4.78, 5) is 69.3. The SMILES string of the molecule is [2H]C([2H])([2H])C(OC(=O)N[C@@H](c1ccccc1)[C@@H](O)C(=O)O[C@H]1CC2(O)[C@@H](OC(=O)/C(C)=C/C)[C@@H]3[C@]4(OC(C)=O)CO[C@@H]4C[C@H](O)[C@@]3(C)C(=O)[C@H](O)C(=C1C)C2(C)C)(C([2H])([2H])[2H])C([2H])([2H])[2H]. The van der Waals surface area contributed by atoms with E-state index in [1.165, 1.54) is 78.0 Å². The van der Waals surface area contributed by atoms with Crippen molar-refractivity contribution in [1.82, 2.24) is 5.32 Å². The molecule has 308 valence electrons. The van der Waals surface area contributed by atoms with Crippen LogP contribution in [0.25, 0.3) is 0 Å². The Kier molecular flexibility index (Phi) is 8.53. The van der Waals surface area contributed by atoms with Crippen molar-refractivity contribution in [3.05, 3.63) is 58.7 Å². The summed E-state index contributed by atoms with van der Waals surface area (Å²) in [6.45, 7) is -2.74. The number of ketones is 1. The van der Waals surface area contributed by atoms with Gasteiger partial charge in [0.25, 0.3) is 0 Å². The van der Waals surface area contributed by atoms with E-state index in [4.69, 9.17) is 36.0 Å². The molecule has 1 amide bonds. The second-order valence-corrected chi connectivity index (χ2v) is 15.7. The molecular weight excluding hydrogens is 730 g/mol. The molecule has 11 atom stereocenters. The Hall–Kier alpha value is -4.15. The van der Waals surface area contributed by atoms with E-state index in [-0.39, 0.29) is 35.3 Å². The fourth-order valence-corrected chi connectivity index (χ4v) is 8.99. The van der Waals surface area contributed by atoms with Crippen molar-refractivity contribution in [1.29, 1.82) is 0 Å². The lowest BCUT2D eigenvalue weighted by Crippen LogP contribution is -2.81. The highest BCUT2D eigenvalue weighted by Crippen LogP contribution is 2.64. The first-order valence-electron chi connectivity index (χ1n) is 22.5. The number of hydrogen-bond acceptors (Lipinski definition) is 14. The minimum atomic E-state index is -4.10. The van der Waals surface area contributed by atoms with E-state index < -0.39 is 133 Å². The normalized spacial score (nSPS) is 37.9. The molecule has 5 rings (SSSR count). The third-order valence-electron chi connectivity index (χ3n) is 12.2. The van der Waals surface area contributed by atoms with E-state index in [0.717, 1.165) is 6.92 Å². The quantitative estimate of drug-likeness (QED) is 0.111. The molecule has 2 bridgehead atoms. The summed E-state index contributed by atoms with van der Waals surface area (Å²) in [7, 11) is 0. The minimum absolute atomic E-state index is 0.0240. The molecule has 1 aromatic carbocycles. The zero-order chi connectivity index (χ0) is 49.4. The molecule has 0 radical (unpaired) electrons. The molecule has 1 unspecified atom stereocenters. The molecule has 1 saturated heterocycles. The van der Waals surface area contributed by atoms with Crippen LogP contribution in [-0.4, -0.2) is 110 Å². The lowest BCUT2D eigenvalue weighted by Gasteiger charge is -2.67. The lowest BCUT2D eigenvalue weighted by molar-refractivity contribution is -0.347. The summed E-state index contributed by atoms with van der Waals surface area (Å²) in [5.41, 5.74) is -12.6. The van der Waals surface area contributed by atoms with Gasteiger partial charge < -0.3 is 49.4 Å². The standard InChI is InChI=1S/C41H55NO14/c1-11-20(2)34(48)54-33-31-39(10,25(44)17-26-40(31,19-52-26)55-22(4)43)32(47)29(45)27-21(3)24(18-41(33,51)38(27,8)9)53-35(49)30(46)28(23-15-13-12-14-16-23)42-36(50)56-37(5,6)7/h11-16,24-26,28-31,33,44-46,51H,17-19H2,1-10H3,(H,42,50)/b20-11+/t24-,25-,26+,28-,29+,30+,31-,33-,39+,40-,41?/m0/s1/i5D3,6D3,7D3. The molecule has 0 aromatic heterocycles. The highest BCUT2D eigenvalue weighted by molar-refractivity contribution is 5.94. The second kappa shape index (κ2) is 15.0. The first-order chi connectivity index (χ1) is 29.6. The zero-order valence-corrected chi connectivity index (χ0v) is 32.1. The third kappa shape index (κ3) is 7.06. The molecular formula is C41H55NO14. The Labute approximate surface area is 339 Å². The minimum Gasteiger partial charge on any atom is -0.456 e. The van der Waals surface area contributed by atoms with Crippen molar-refractivity contribution >= 4 is 29.8 Å². The molecule has 0 spiro atoms. The number of ether oxygens (including phenoxy) is 5. The van der Waals surface area contributed by atoms with Crippen LogP contribution in [0.15, 0.2) is 53.1 Å². The summed E-state index contributed by atoms with van der Waals surface area (Å²) in [5.74, 6) is -6.07. The lowest BCUT2D eigenvalue weighted by atomic mass is 9.44. The van der Waals surface area contributed by atoms with E-state index in [0.29, 0.717) is 0 Å². The Morgan fingerprint density at radius 1 is 1.07 bits per heavy atom. The van der Waals surface area contributed by atoms with Crippen LogP contribution in [0.4, 0.5) is 4.79 Å². The number of carbonyl (C=O) groups is 5. The summed E-state index contributed by atoms with van der Waals surface area (Å²) >= 11 is 0. The monoisotopic (exact) mass is 794 g/mol. The number of fused-ring (bicyclic) bond motifs is 5. The summed E-state index contributed by atoms with van der Waals surface area (Å²) in [6.07, 6.45) is -12.5. The predicted octanol–water partition coefficient (Wildman–Crippen LogP) is 2.91. The van der Waals surface area contributed by atoms with Gasteiger partial charge in [0.15, 0.2) is 17.5 Å². The van der Waals surface area contributed by atoms with Crippen molar-refractivity contribution in [3.8, 4) is 0 Å². The van der Waals surface area contributed by atoms with Gasteiger partial charge in [-0.1, -0.05) is 50.3 Å². The fourth-order valence-electron chi connectivity index (χ4n) is 8.99. The maximum Gasteiger partial charge on any atom is 0.408 e. The van der Waals surface area contributed by atoms with Gasteiger partial charge in [0.05, 0.1) is 30.1 Å². The molecule has 2 saturated carbocycles. The number of hydrogen-bond donors (Lipinski definition) is 5. The molecule has 1 aromatic rings. The Morgan fingerprint density at radius 2 is 1.71 bits per heavy atom. The van der Waals surface area contributed by atoms with Crippen molar-refractivity contribution in [2.24, 2.45) is 16.7 Å². The van der Waals surface area contributed by atoms with E-state index in [1.807, 2.05) is 5.32 Å². The van der Waals surface area contributed by atoms with Crippen LogP contribution in [0, 0.1) is 16.7 Å². The van der Waals surface area contributed by atoms with E-state index in [9.17, 15) is 44.4 Å². The third-order valence-corrected chi connectivity index (χ3v) is 12.2. The molecule has 3 fully saturated rings. The average molecular weight is 795 g/mol. The van der Waals surface area contributed by atoms with Crippen LogP contribution in [0.2, 0.25) is 0 Å². The number of aliphatic hydroxyl groups is 4. The van der Waals surface area contributed by atoms with Gasteiger partial charge >= 0.3 is 24.0 Å². The molecule has 5 N–H and O–H groups in total. The van der Waals surface area contributed by atoms with Crippen molar-refractivity contribution in [2.75, 3.05) is 6.61 Å². The number of rotatable bonds is 8. The maximum atomic E-state index is 14.9. The van der Waals surface area contributed by atoms with Crippen LogP contribution in [0.3, 0.4) is 0 Å². The van der Waals surface area contributed by atoms with Crippen molar-refractivity contribution < 1.29 is 80.4 Å². The second-order valence-electron chi connectivity index (χ2n) is 15.7. The van der Waals surface area contributed by atoms with Crippen LogP contribution in [0.1, 0.15) is 106 Å². The number of allylic oxidation sites excluding steroid dienone is 1. The topological polar surface area (TPSA) is 224 Å². The van der Waals surface area contributed by atoms with Gasteiger partial charge in [-0.15, -0.1) is 0 Å². The van der Waals surface area contributed by atoms with Crippen LogP contribution in [-0.2, 0) is 42.9 Å². The zero-order valence-electron chi connectivity index (χ0n) is 41.1. The van der Waals surface area contributed by atoms with E-state index >= 15 is 0 Å². The predicted molar refractivity (Wildman–Crippen MR) is 197 cm³/mol. The number of aliphatic hydroxyl groups excluding tert-OH is 3. The molecule has 15 nitrogen and oxygen atoms in total. The maximum absolute atomic E-state index is 14.9. The number of esters is 3. The Balaban J connectivity index is 1.64. The largest absolute Gasteiger partial charge is 0.456 e. The highest BCUT2D eigenvalue weighted by Gasteiger charge is 2.78. The number of carbonyl (C=O) groups excluding carboxylic acids is 5. The number of alkyl carbamates (subject to hydrolysis) is 1. The van der Waals surface area contributed by atoms with Gasteiger partial charge in [0.2, 0.25) is 0 Å². The Bertz CT molecular complexity index is 2100. The van der Waals surface area contributed by atoms with E-state index in [2.05, 4.69) is 0 Å². The molecule has 56 heavy (non-hydrogen) atoms. The first-order valence-corrected chi connectivity index (χ1v) is 18.0. The van der Waals surface area contributed by atoms with Gasteiger partial charge in [0, 0.05) is 43.1 Å². The summed E-state index contributed by atoms with van der Waals surface area (Å²) < 4.78 is 98.9. The van der Waals surface area contributed by atoms with E-state index in [1.54, 1.807) is 0 Å². The van der Waals surface area contributed by atoms with Gasteiger partial charge in [-0.2, -0.15) is 0 Å². The molecule has 1 heterocycles. The Morgan fingerprint density at radius 3 is 2.27 bits per heavy atom. The van der Waals surface area contributed by atoms with Crippen LogP contribution < -0.4 is 5.32 Å². The first kappa shape index (κ1) is 31.9. The van der Waals surface area contributed by atoms with Gasteiger partial charge in [-0.3, -0.25) is 9.59 Å². The average Bonchev–Trinajstić information content (AvgIpc) is 3.18. The van der Waals surface area contributed by atoms with Crippen molar-refractivity contribution in [2.45, 2.75) is 141 Å². The highest BCUT2D eigenvalue weighted by atomic mass is 16.6. The number of benzene rings is 1. The summed E-state index contributed by atoms with van der Waals surface area (Å²) in [5, 5.41) is 51.0. The van der Waals surface area contributed by atoms with Gasteiger partial charge in [0.1, 0.15) is 35.6 Å². The molecule has 1 aliphatic heterocycles. The van der Waals surface area contributed by atoms with Crippen LogP contribution in [0.5, 0.6) is 0 Å². The molecule has 15 heteroatoms. The smallest absolute Gasteiger partial charge is 0.408 e. The molecule has 4 aliphatic rings. The fraction of sp³-hybridized carbons (Fsp3) is 0.634. The van der Waals surface area contributed by atoms with Crippen LogP contribution >= 0.6 is 0 Å². The number of Topliss-reactive ketones (excluding diaryl/α,β-unsaturated/α-hetero) is 1. The number of nitrogens with one attached hydrogen (secondary N) is 1.